The molecule has 0 atom stereocenters. The summed E-state index contributed by atoms with van der Waals surface area (Å²) in [5, 5.41) is 0. The van der Waals surface area contributed by atoms with Crippen molar-refractivity contribution in [3.8, 4) is 5.75 Å². The molecule has 0 aromatic heterocycles. The lowest BCUT2D eigenvalue weighted by molar-refractivity contribution is 0.102. The molecule has 2 aromatic carbocycles. The summed E-state index contributed by atoms with van der Waals surface area (Å²) in [4.78, 5) is 13.2. The highest BCUT2D eigenvalue weighted by Crippen LogP contribution is 2.29. The lowest BCUT2D eigenvalue weighted by Gasteiger charge is -2.06. The van der Waals surface area contributed by atoms with E-state index in [1.54, 1.807) is 25.3 Å². The van der Waals surface area contributed by atoms with Crippen molar-refractivity contribution in [2.75, 3.05) is 12.9 Å². The number of ether oxygens (including phenoxy) is 1. The molecule has 104 valence electrons. The van der Waals surface area contributed by atoms with Crippen molar-refractivity contribution in [3.05, 3.63) is 57.0 Å². The van der Waals surface area contributed by atoms with Crippen molar-refractivity contribution in [2.24, 2.45) is 0 Å². The summed E-state index contributed by atoms with van der Waals surface area (Å²) in [6.07, 6.45) is 0. The quantitative estimate of drug-likeness (QED) is 0.496. The Hall–Kier alpha value is -0.780. The fourth-order valence-electron chi connectivity index (χ4n) is 1.63. The van der Waals surface area contributed by atoms with Crippen LogP contribution in [0.1, 0.15) is 10.4 Å². The zero-order chi connectivity index (χ0) is 14.5. The number of hydrogen-bond acceptors (Lipinski definition) is 3. The minimum atomic E-state index is 0.0918. The van der Waals surface area contributed by atoms with Gasteiger partial charge >= 0.3 is 0 Å². The average Bonchev–Trinajstić information content (AvgIpc) is 2.46. The molecular formula is C15H12Br2O2S. The van der Waals surface area contributed by atoms with E-state index in [-0.39, 0.29) is 5.78 Å². The van der Waals surface area contributed by atoms with Crippen molar-refractivity contribution in [1.82, 2.24) is 0 Å². The SMILES string of the molecule is COc1ccc(C(=O)CSc2ccccc2Br)cc1Br. The van der Waals surface area contributed by atoms with Crippen LogP contribution in [0.3, 0.4) is 0 Å². The van der Waals surface area contributed by atoms with Gasteiger partial charge < -0.3 is 4.74 Å². The maximum absolute atomic E-state index is 12.2. The van der Waals surface area contributed by atoms with Crippen molar-refractivity contribution in [2.45, 2.75) is 4.90 Å². The minimum Gasteiger partial charge on any atom is -0.496 e. The van der Waals surface area contributed by atoms with E-state index in [2.05, 4.69) is 31.9 Å². The summed E-state index contributed by atoms with van der Waals surface area (Å²) in [7, 11) is 1.60. The van der Waals surface area contributed by atoms with E-state index in [0.29, 0.717) is 11.3 Å². The van der Waals surface area contributed by atoms with Gasteiger partial charge in [0.1, 0.15) is 5.75 Å². The van der Waals surface area contributed by atoms with Gasteiger partial charge in [0, 0.05) is 14.9 Å². The molecule has 0 saturated heterocycles. The summed E-state index contributed by atoms with van der Waals surface area (Å²) in [5.41, 5.74) is 0.678. The van der Waals surface area contributed by atoms with Crippen LogP contribution >= 0.6 is 43.6 Å². The summed E-state index contributed by atoms with van der Waals surface area (Å²) >= 11 is 8.39. The fourth-order valence-corrected chi connectivity index (χ4v) is 3.63. The topological polar surface area (TPSA) is 26.3 Å². The molecule has 0 fully saturated rings. The van der Waals surface area contributed by atoms with Crippen molar-refractivity contribution < 1.29 is 9.53 Å². The molecule has 0 aliphatic carbocycles. The molecule has 2 rings (SSSR count). The molecule has 0 amide bonds. The second-order valence-electron chi connectivity index (χ2n) is 3.99. The number of halogens is 2. The first-order valence-electron chi connectivity index (χ1n) is 5.86. The zero-order valence-electron chi connectivity index (χ0n) is 10.7. The molecule has 5 heteroatoms. The normalized spacial score (nSPS) is 10.3. The Morgan fingerprint density at radius 3 is 2.55 bits per heavy atom. The maximum atomic E-state index is 12.2. The first-order chi connectivity index (χ1) is 9.61. The molecule has 2 aromatic rings. The molecule has 0 aliphatic rings. The Labute approximate surface area is 139 Å². The molecule has 0 spiro atoms. The predicted molar refractivity (Wildman–Crippen MR) is 89.9 cm³/mol. The molecule has 0 heterocycles. The van der Waals surface area contributed by atoms with Gasteiger partial charge in [0.15, 0.2) is 5.78 Å². The van der Waals surface area contributed by atoms with Crippen LogP contribution in [0.15, 0.2) is 56.3 Å². The predicted octanol–water partition coefficient (Wildman–Crippen LogP) is 5.20. The fraction of sp³-hybridized carbons (Fsp3) is 0.133. The molecule has 0 N–H and O–H groups in total. The van der Waals surface area contributed by atoms with Gasteiger partial charge in [-0.25, -0.2) is 0 Å². The van der Waals surface area contributed by atoms with Gasteiger partial charge in [0.2, 0.25) is 0 Å². The highest BCUT2D eigenvalue weighted by atomic mass is 79.9. The van der Waals surface area contributed by atoms with Gasteiger partial charge in [0.25, 0.3) is 0 Å². The maximum Gasteiger partial charge on any atom is 0.173 e. The summed E-state index contributed by atoms with van der Waals surface area (Å²) in [6.45, 7) is 0. The molecule has 0 radical (unpaired) electrons. The number of carbonyl (C=O) groups excluding carboxylic acids is 1. The molecule has 0 bridgehead atoms. The Balaban J connectivity index is 2.05. The summed E-state index contributed by atoms with van der Waals surface area (Å²) < 4.78 is 6.95. The van der Waals surface area contributed by atoms with E-state index in [0.717, 1.165) is 19.6 Å². The van der Waals surface area contributed by atoms with E-state index in [4.69, 9.17) is 4.74 Å². The van der Waals surface area contributed by atoms with E-state index in [9.17, 15) is 4.79 Å². The summed E-state index contributed by atoms with van der Waals surface area (Å²) in [5.74, 6) is 1.22. The van der Waals surface area contributed by atoms with Crippen molar-refractivity contribution >= 4 is 49.4 Å². The Bertz CT molecular complexity index is 629. The third-order valence-electron chi connectivity index (χ3n) is 2.67. The molecule has 0 unspecified atom stereocenters. The number of ketones is 1. The van der Waals surface area contributed by atoms with Gasteiger partial charge in [-0.15, -0.1) is 11.8 Å². The standard InChI is InChI=1S/C15H12Br2O2S/c1-19-14-7-6-10(8-12(14)17)13(18)9-20-15-5-3-2-4-11(15)16/h2-8H,9H2,1H3. The first-order valence-corrected chi connectivity index (χ1v) is 8.43. The van der Waals surface area contributed by atoms with Crippen LogP contribution in [0.25, 0.3) is 0 Å². The Morgan fingerprint density at radius 2 is 1.90 bits per heavy atom. The minimum absolute atomic E-state index is 0.0918. The number of carbonyl (C=O) groups is 1. The number of methoxy groups -OCH3 is 1. The molecule has 0 aliphatic heterocycles. The molecule has 0 saturated carbocycles. The van der Waals surface area contributed by atoms with E-state index in [1.165, 1.54) is 11.8 Å². The highest BCUT2D eigenvalue weighted by molar-refractivity contribution is 9.10. The molecule has 2 nitrogen and oxygen atoms in total. The Morgan fingerprint density at radius 1 is 1.15 bits per heavy atom. The van der Waals surface area contributed by atoms with E-state index >= 15 is 0 Å². The lowest BCUT2D eigenvalue weighted by Crippen LogP contribution is -2.02. The van der Waals surface area contributed by atoms with Crippen molar-refractivity contribution in [3.63, 3.8) is 0 Å². The number of Topliss-reactive ketones (excluding diaryl/α,β-unsaturated/α-hetero) is 1. The number of rotatable bonds is 5. The number of thioether (sulfide) groups is 1. The second kappa shape index (κ2) is 7.29. The third kappa shape index (κ3) is 3.87. The van der Waals surface area contributed by atoms with Crippen LogP contribution in [0.4, 0.5) is 0 Å². The van der Waals surface area contributed by atoms with Crippen LogP contribution in [0, 0.1) is 0 Å². The largest absolute Gasteiger partial charge is 0.496 e. The smallest absolute Gasteiger partial charge is 0.173 e. The first kappa shape index (κ1) is 15.6. The van der Waals surface area contributed by atoms with E-state index in [1.807, 2.05) is 24.3 Å². The third-order valence-corrected chi connectivity index (χ3v) is 5.32. The van der Waals surface area contributed by atoms with Crippen LogP contribution in [-0.4, -0.2) is 18.6 Å². The number of benzene rings is 2. The van der Waals surface area contributed by atoms with Gasteiger partial charge in [0.05, 0.1) is 17.3 Å². The Kier molecular flexibility index (Phi) is 5.69. The average molecular weight is 416 g/mol. The molecular weight excluding hydrogens is 404 g/mol. The van der Waals surface area contributed by atoms with Gasteiger partial charge in [-0.2, -0.15) is 0 Å². The second-order valence-corrected chi connectivity index (χ2v) is 6.72. The van der Waals surface area contributed by atoms with Crippen LogP contribution in [0.2, 0.25) is 0 Å². The van der Waals surface area contributed by atoms with Crippen molar-refractivity contribution in [1.29, 1.82) is 0 Å². The lowest BCUT2D eigenvalue weighted by atomic mass is 10.1. The highest BCUT2D eigenvalue weighted by Gasteiger charge is 2.10. The van der Waals surface area contributed by atoms with Gasteiger partial charge in [-0.05, 0) is 62.2 Å². The van der Waals surface area contributed by atoms with E-state index < -0.39 is 0 Å². The van der Waals surface area contributed by atoms with Gasteiger partial charge in [-0.1, -0.05) is 12.1 Å². The van der Waals surface area contributed by atoms with Crippen LogP contribution < -0.4 is 4.74 Å². The van der Waals surface area contributed by atoms with Crippen LogP contribution in [-0.2, 0) is 0 Å². The zero-order valence-corrected chi connectivity index (χ0v) is 14.7. The summed E-state index contributed by atoms with van der Waals surface area (Å²) in [6, 6.07) is 13.2. The monoisotopic (exact) mass is 414 g/mol. The van der Waals surface area contributed by atoms with Crippen LogP contribution in [0.5, 0.6) is 5.75 Å². The molecule has 20 heavy (non-hydrogen) atoms. The number of hydrogen-bond donors (Lipinski definition) is 0. The van der Waals surface area contributed by atoms with Gasteiger partial charge in [-0.3, -0.25) is 4.79 Å².